The van der Waals surface area contributed by atoms with Crippen LogP contribution in [0.5, 0.6) is 0 Å². The van der Waals surface area contributed by atoms with E-state index >= 15 is 0 Å². The van der Waals surface area contributed by atoms with Crippen molar-refractivity contribution in [3.05, 3.63) is 54.9 Å². The number of hydrogen-bond acceptors (Lipinski definition) is 2. The SMILES string of the molecule is [c]1cc2cc(-c3ccccn3)ccc2o1. The maximum absolute atomic E-state index is 5.16. The normalized spacial score (nSPS) is 10.7. The second-order valence-electron chi connectivity index (χ2n) is 3.33. The predicted octanol–water partition coefficient (Wildman–Crippen LogP) is 3.29. The average molecular weight is 194 g/mol. The highest BCUT2D eigenvalue weighted by Gasteiger charge is 2.01. The Hall–Kier alpha value is -2.09. The number of benzene rings is 1. The van der Waals surface area contributed by atoms with Crippen LogP contribution in [0.2, 0.25) is 0 Å². The molecule has 2 heterocycles. The van der Waals surface area contributed by atoms with E-state index in [9.17, 15) is 0 Å². The van der Waals surface area contributed by atoms with Crippen molar-refractivity contribution < 1.29 is 4.42 Å². The highest BCUT2D eigenvalue weighted by Crippen LogP contribution is 2.22. The van der Waals surface area contributed by atoms with Crippen LogP contribution in [-0.4, -0.2) is 4.98 Å². The van der Waals surface area contributed by atoms with Gasteiger partial charge in [0.1, 0.15) is 5.58 Å². The molecule has 0 aliphatic heterocycles. The molecule has 0 fully saturated rings. The molecule has 0 N–H and O–H groups in total. The van der Waals surface area contributed by atoms with E-state index in [0.29, 0.717) is 0 Å². The van der Waals surface area contributed by atoms with Gasteiger partial charge in [-0.2, -0.15) is 0 Å². The molecule has 0 aliphatic carbocycles. The lowest BCUT2D eigenvalue weighted by Crippen LogP contribution is -1.80. The Kier molecular flexibility index (Phi) is 1.78. The highest BCUT2D eigenvalue weighted by atomic mass is 16.3. The maximum atomic E-state index is 5.16. The van der Waals surface area contributed by atoms with Crippen molar-refractivity contribution in [2.24, 2.45) is 0 Å². The Labute approximate surface area is 87.2 Å². The molecule has 1 aromatic carbocycles. The smallest absolute Gasteiger partial charge is 0.170 e. The summed E-state index contributed by atoms with van der Waals surface area (Å²) in [6.45, 7) is 0. The summed E-state index contributed by atoms with van der Waals surface area (Å²) in [5, 5.41) is 1.05. The minimum Gasteiger partial charge on any atom is -0.453 e. The lowest BCUT2D eigenvalue weighted by Gasteiger charge is -1.99. The van der Waals surface area contributed by atoms with Gasteiger partial charge >= 0.3 is 0 Å². The van der Waals surface area contributed by atoms with E-state index in [1.807, 2.05) is 36.4 Å². The summed E-state index contributed by atoms with van der Waals surface area (Å²) in [5.41, 5.74) is 2.92. The van der Waals surface area contributed by atoms with Crippen LogP contribution in [0.4, 0.5) is 0 Å². The molecule has 0 amide bonds. The van der Waals surface area contributed by atoms with Crippen molar-refractivity contribution in [2.75, 3.05) is 0 Å². The standard InChI is InChI=1S/C13H8NO/c1-2-7-14-12(3-1)10-4-5-13-11(9-10)6-8-15-13/h1-7,9H. The first-order valence-corrected chi connectivity index (χ1v) is 4.74. The van der Waals surface area contributed by atoms with Crippen molar-refractivity contribution in [1.82, 2.24) is 4.98 Å². The third kappa shape index (κ3) is 1.40. The summed E-state index contributed by atoms with van der Waals surface area (Å²) in [6.07, 6.45) is 4.51. The Morgan fingerprint density at radius 1 is 1.13 bits per heavy atom. The molecule has 0 bridgehead atoms. The van der Waals surface area contributed by atoms with E-state index in [1.54, 1.807) is 6.20 Å². The summed E-state index contributed by atoms with van der Waals surface area (Å²) in [5.74, 6) is 0. The third-order valence-corrected chi connectivity index (χ3v) is 2.35. The summed E-state index contributed by atoms with van der Waals surface area (Å²) in [4.78, 5) is 4.30. The summed E-state index contributed by atoms with van der Waals surface area (Å²) < 4.78 is 5.16. The van der Waals surface area contributed by atoms with Gasteiger partial charge < -0.3 is 4.42 Å². The van der Waals surface area contributed by atoms with E-state index in [0.717, 1.165) is 22.2 Å². The van der Waals surface area contributed by atoms with Gasteiger partial charge in [-0.25, -0.2) is 0 Å². The van der Waals surface area contributed by atoms with Crippen LogP contribution < -0.4 is 0 Å². The van der Waals surface area contributed by atoms with Crippen LogP contribution >= 0.6 is 0 Å². The molecule has 2 nitrogen and oxygen atoms in total. The predicted molar refractivity (Wildman–Crippen MR) is 58.3 cm³/mol. The van der Waals surface area contributed by atoms with E-state index in [2.05, 4.69) is 17.3 Å². The number of nitrogens with zero attached hydrogens (tertiary/aromatic N) is 1. The fourth-order valence-corrected chi connectivity index (χ4v) is 1.60. The second-order valence-corrected chi connectivity index (χ2v) is 3.33. The number of aromatic nitrogens is 1. The number of hydrogen-bond donors (Lipinski definition) is 0. The van der Waals surface area contributed by atoms with Crippen LogP contribution in [0.25, 0.3) is 22.2 Å². The fraction of sp³-hybridized carbons (Fsp3) is 0. The molecule has 0 spiro atoms. The van der Waals surface area contributed by atoms with Crippen molar-refractivity contribution in [3.8, 4) is 11.3 Å². The first-order chi connectivity index (χ1) is 7.43. The molecule has 71 valence electrons. The van der Waals surface area contributed by atoms with Gasteiger partial charge in [0.15, 0.2) is 6.26 Å². The molecule has 1 radical (unpaired) electrons. The van der Waals surface area contributed by atoms with Crippen LogP contribution in [0.15, 0.2) is 53.1 Å². The Balaban J connectivity index is 2.19. The van der Waals surface area contributed by atoms with E-state index < -0.39 is 0 Å². The minimum absolute atomic E-state index is 0.856. The minimum atomic E-state index is 0.856. The molecular formula is C13H8NO. The number of rotatable bonds is 1. The first-order valence-electron chi connectivity index (χ1n) is 4.74. The van der Waals surface area contributed by atoms with Gasteiger partial charge in [-0.15, -0.1) is 0 Å². The van der Waals surface area contributed by atoms with Crippen LogP contribution in [0.1, 0.15) is 0 Å². The van der Waals surface area contributed by atoms with Crippen LogP contribution in [0.3, 0.4) is 0 Å². The van der Waals surface area contributed by atoms with Crippen LogP contribution in [-0.2, 0) is 0 Å². The quantitative estimate of drug-likeness (QED) is 0.594. The zero-order valence-corrected chi connectivity index (χ0v) is 7.97. The Bertz CT molecular complexity index is 584. The molecule has 2 aromatic heterocycles. The molecule has 3 aromatic rings. The van der Waals surface area contributed by atoms with Crippen molar-refractivity contribution in [1.29, 1.82) is 0 Å². The van der Waals surface area contributed by atoms with Gasteiger partial charge in [0.05, 0.1) is 5.69 Å². The molecule has 0 saturated carbocycles. The fourth-order valence-electron chi connectivity index (χ4n) is 1.60. The highest BCUT2D eigenvalue weighted by molar-refractivity contribution is 5.82. The number of fused-ring (bicyclic) bond motifs is 1. The van der Waals surface area contributed by atoms with Gasteiger partial charge in [0.2, 0.25) is 0 Å². The monoisotopic (exact) mass is 194 g/mol. The maximum Gasteiger partial charge on any atom is 0.170 e. The lowest BCUT2D eigenvalue weighted by atomic mass is 10.1. The molecule has 3 rings (SSSR count). The molecule has 2 heteroatoms. The molecule has 0 saturated heterocycles. The topological polar surface area (TPSA) is 26.0 Å². The molecular weight excluding hydrogens is 186 g/mol. The molecule has 15 heavy (non-hydrogen) atoms. The van der Waals surface area contributed by atoms with Gasteiger partial charge in [0, 0.05) is 17.1 Å². The summed E-state index contributed by atoms with van der Waals surface area (Å²) >= 11 is 0. The molecule has 0 unspecified atom stereocenters. The molecule has 0 aliphatic rings. The van der Waals surface area contributed by atoms with Crippen molar-refractivity contribution in [2.45, 2.75) is 0 Å². The second kappa shape index (κ2) is 3.24. The van der Waals surface area contributed by atoms with E-state index in [-0.39, 0.29) is 0 Å². The van der Waals surface area contributed by atoms with E-state index in [1.165, 1.54) is 0 Å². The zero-order chi connectivity index (χ0) is 10.1. The first kappa shape index (κ1) is 8.24. The molecule has 0 atom stereocenters. The summed E-state index contributed by atoms with van der Waals surface area (Å²) in [7, 11) is 0. The largest absolute Gasteiger partial charge is 0.453 e. The lowest BCUT2D eigenvalue weighted by molar-refractivity contribution is 0.606. The van der Waals surface area contributed by atoms with Crippen LogP contribution in [0, 0.1) is 6.26 Å². The number of furan rings is 1. The van der Waals surface area contributed by atoms with Gasteiger partial charge in [0.25, 0.3) is 0 Å². The Morgan fingerprint density at radius 2 is 2.13 bits per heavy atom. The average Bonchev–Trinajstić information content (AvgIpc) is 2.77. The zero-order valence-electron chi connectivity index (χ0n) is 7.97. The van der Waals surface area contributed by atoms with Gasteiger partial charge in [-0.05, 0) is 36.4 Å². The third-order valence-electron chi connectivity index (χ3n) is 2.35. The Morgan fingerprint density at radius 3 is 3.00 bits per heavy atom. The van der Waals surface area contributed by atoms with Crippen molar-refractivity contribution >= 4 is 11.0 Å². The number of pyridine rings is 1. The van der Waals surface area contributed by atoms with Gasteiger partial charge in [-0.1, -0.05) is 6.07 Å². The van der Waals surface area contributed by atoms with Crippen molar-refractivity contribution in [3.63, 3.8) is 0 Å². The summed E-state index contributed by atoms with van der Waals surface area (Å²) in [6, 6.07) is 13.7. The van der Waals surface area contributed by atoms with Gasteiger partial charge in [-0.3, -0.25) is 4.98 Å². The van der Waals surface area contributed by atoms with E-state index in [4.69, 9.17) is 4.42 Å².